The van der Waals surface area contributed by atoms with E-state index >= 15 is 0 Å². The van der Waals surface area contributed by atoms with Crippen LogP contribution in [0, 0.1) is 40.4 Å². The normalized spacial score (nSPS) is 46.5. The molecule has 0 saturated heterocycles. The molecule has 2 heteroatoms. The number of aliphatic hydroxyl groups excluding tert-OH is 1. The summed E-state index contributed by atoms with van der Waals surface area (Å²) in [5.74, 6) is 6.01. The van der Waals surface area contributed by atoms with Crippen LogP contribution in [0.3, 0.4) is 0 Å². The van der Waals surface area contributed by atoms with Gasteiger partial charge in [0.15, 0.2) is 0 Å². The van der Waals surface area contributed by atoms with Gasteiger partial charge in [-0.1, -0.05) is 32.4 Å². The Balaban J connectivity index is 1.49. The highest BCUT2D eigenvalue weighted by atomic mass is 32.2. The Kier molecular flexibility index (Phi) is 6.29. The van der Waals surface area contributed by atoms with Gasteiger partial charge in [0.2, 0.25) is 0 Å². The third kappa shape index (κ3) is 3.77. The van der Waals surface area contributed by atoms with Crippen molar-refractivity contribution in [1.29, 1.82) is 0 Å². The molecule has 0 spiro atoms. The summed E-state index contributed by atoms with van der Waals surface area (Å²) in [7, 11) is 0.586. The van der Waals surface area contributed by atoms with Crippen LogP contribution >= 0.6 is 0 Å². The number of hydrogen-bond donors (Lipinski definition) is 1. The van der Waals surface area contributed by atoms with Crippen molar-refractivity contribution in [1.82, 2.24) is 0 Å². The van der Waals surface area contributed by atoms with Crippen molar-refractivity contribution in [2.45, 2.75) is 104 Å². The van der Waals surface area contributed by atoms with Crippen molar-refractivity contribution in [3.05, 3.63) is 11.6 Å². The molecule has 4 aliphatic carbocycles. The van der Waals surface area contributed by atoms with Crippen molar-refractivity contribution >= 4 is 10.9 Å². The molecule has 0 aromatic rings. The fraction of sp³-hybridized carbons (Fsp3) is 0.926. The second-order valence-electron chi connectivity index (χ2n) is 12.1. The Bertz CT molecular complexity index is 626. The molecule has 1 unspecified atom stereocenters. The van der Waals surface area contributed by atoms with Crippen molar-refractivity contribution in [2.75, 3.05) is 12.0 Å². The minimum atomic E-state index is -0.0783. The molecular formula is C27H47OS+. The molecule has 3 fully saturated rings. The van der Waals surface area contributed by atoms with Crippen LogP contribution in [0.2, 0.25) is 0 Å². The molecule has 0 bridgehead atoms. The Labute approximate surface area is 183 Å². The monoisotopic (exact) mass is 419 g/mol. The average molecular weight is 420 g/mol. The molecule has 0 radical (unpaired) electrons. The largest absolute Gasteiger partial charge is 0.393 e. The molecule has 0 heterocycles. The van der Waals surface area contributed by atoms with Crippen LogP contribution in [0.4, 0.5) is 0 Å². The molecule has 0 aromatic heterocycles. The lowest BCUT2D eigenvalue weighted by molar-refractivity contribution is -0.0568. The van der Waals surface area contributed by atoms with Gasteiger partial charge in [-0.2, -0.15) is 0 Å². The zero-order valence-corrected chi connectivity index (χ0v) is 20.9. The Morgan fingerprint density at radius 3 is 2.55 bits per heavy atom. The van der Waals surface area contributed by atoms with Crippen LogP contribution in [0.25, 0.3) is 0 Å². The van der Waals surface area contributed by atoms with Crippen molar-refractivity contribution in [2.24, 2.45) is 40.4 Å². The predicted molar refractivity (Wildman–Crippen MR) is 128 cm³/mol. The van der Waals surface area contributed by atoms with Gasteiger partial charge in [0.05, 0.1) is 12.4 Å². The van der Waals surface area contributed by atoms with Gasteiger partial charge < -0.3 is 5.11 Å². The summed E-state index contributed by atoms with van der Waals surface area (Å²) in [6, 6.07) is 0. The zero-order valence-electron chi connectivity index (χ0n) is 20.0. The van der Waals surface area contributed by atoms with E-state index in [0.29, 0.717) is 21.7 Å². The number of fused-ring (bicyclic) bond motifs is 5. The van der Waals surface area contributed by atoms with E-state index in [1.807, 2.05) is 0 Å². The summed E-state index contributed by atoms with van der Waals surface area (Å²) in [4.78, 5) is 0. The first-order chi connectivity index (χ1) is 13.7. The maximum absolute atomic E-state index is 10.2. The van der Waals surface area contributed by atoms with E-state index < -0.39 is 0 Å². The van der Waals surface area contributed by atoms with Gasteiger partial charge in [-0.3, -0.25) is 0 Å². The highest BCUT2D eigenvalue weighted by Gasteiger charge is 2.59. The Morgan fingerprint density at radius 2 is 1.83 bits per heavy atom. The van der Waals surface area contributed by atoms with Gasteiger partial charge in [-0.25, -0.2) is 0 Å². The summed E-state index contributed by atoms with van der Waals surface area (Å²) in [5.41, 5.74) is 2.59. The van der Waals surface area contributed by atoms with Crippen LogP contribution in [0.1, 0.15) is 92.4 Å². The molecular weight excluding hydrogens is 372 g/mol. The molecule has 4 aliphatic rings. The molecule has 3 saturated carbocycles. The van der Waals surface area contributed by atoms with Crippen molar-refractivity contribution in [3.63, 3.8) is 0 Å². The maximum Gasteiger partial charge on any atom is 0.112 e. The standard InChI is InChI=1S/C27H47OS/c1-18(2)29(6)16-13-19(3)23-9-10-24-22-8-7-20-17-21(28)11-14-26(20,4)25(22)12-15-27(23,24)5/h7,18-19,21-25,28H,8-17H2,1-6H3/q+1/t19-,21+,22+,23-,24+,25+,26+,27-,29?/m1/s1. The zero-order chi connectivity index (χ0) is 21.0. The number of rotatable bonds is 5. The molecule has 1 nitrogen and oxygen atoms in total. The highest BCUT2D eigenvalue weighted by molar-refractivity contribution is 7.96. The summed E-state index contributed by atoms with van der Waals surface area (Å²) < 4.78 is 0. The minimum Gasteiger partial charge on any atom is -0.393 e. The first kappa shape index (κ1) is 22.3. The number of hydrogen-bond acceptors (Lipinski definition) is 1. The predicted octanol–water partition coefficient (Wildman–Crippen LogP) is 6.61. The smallest absolute Gasteiger partial charge is 0.112 e. The lowest BCUT2D eigenvalue weighted by Gasteiger charge is -2.58. The quantitative estimate of drug-likeness (QED) is 0.393. The molecule has 166 valence electrons. The van der Waals surface area contributed by atoms with Gasteiger partial charge in [-0.15, -0.1) is 0 Å². The van der Waals surface area contributed by atoms with Gasteiger partial charge in [0.25, 0.3) is 0 Å². The summed E-state index contributed by atoms with van der Waals surface area (Å²) in [5, 5.41) is 11.1. The van der Waals surface area contributed by atoms with Crippen molar-refractivity contribution < 1.29 is 5.11 Å². The van der Waals surface area contributed by atoms with Crippen LogP contribution < -0.4 is 0 Å². The van der Waals surface area contributed by atoms with Crippen LogP contribution in [0.5, 0.6) is 0 Å². The van der Waals surface area contributed by atoms with Crippen molar-refractivity contribution in [3.8, 4) is 0 Å². The maximum atomic E-state index is 10.2. The summed E-state index contributed by atoms with van der Waals surface area (Å²) in [6.07, 6.45) is 16.8. The first-order valence-electron chi connectivity index (χ1n) is 12.7. The minimum absolute atomic E-state index is 0.0783. The van der Waals surface area contributed by atoms with E-state index in [-0.39, 0.29) is 6.10 Å². The van der Waals surface area contributed by atoms with E-state index in [1.54, 1.807) is 5.57 Å². The van der Waals surface area contributed by atoms with Gasteiger partial charge in [-0.05, 0) is 123 Å². The number of allylic oxidation sites excluding steroid dienone is 1. The number of aliphatic hydroxyl groups is 1. The summed E-state index contributed by atoms with van der Waals surface area (Å²) >= 11 is 0. The molecule has 1 N–H and O–H groups in total. The van der Waals surface area contributed by atoms with E-state index in [9.17, 15) is 5.11 Å². The highest BCUT2D eigenvalue weighted by Crippen LogP contribution is 2.67. The van der Waals surface area contributed by atoms with E-state index in [0.717, 1.165) is 47.7 Å². The SMILES string of the molecule is CC(C)[S+](C)CC[C@@H](C)[C@H]1CC[C@H]2[C@@H]3CC=C4C[C@@H](O)CC[C@]4(C)[C@H]3CC[C@]12C. The summed E-state index contributed by atoms with van der Waals surface area (Å²) in [6.45, 7) is 12.6. The Morgan fingerprint density at radius 1 is 1.07 bits per heavy atom. The topological polar surface area (TPSA) is 20.2 Å². The molecule has 9 atom stereocenters. The second-order valence-corrected chi connectivity index (χ2v) is 14.8. The van der Waals surface area contributed by atoms with E-state index in [2.05, 4.69) is 47.0 Å². The van der Waals surface area contributed by atoms with E-state index in [4.69, 9.17) is 0 Å². The first-order valence-corrected chi connectivity index (χ1v) is 14.5. The van der Waals surface area contributed by atoms with Crippen LogP contribution in [-0.4, -0.2) is 28.5 Å². The molecule has 0 amide bonds. The molecule has 4 rings (SSSR count). The van der Waals surface area contributed by atoms with Crippen LogP contribution in [0.15, 0.2) is 11.6 Å². The van der Waals surface area contributed by atoms with Gasteiger partial charge in [0.1, 0.15) is 11.0 Å². The van der Waals surface area contributed by atoms with Gasteiger partial charge in [0, 0.05) is 0 Å². The van der Waals surface area contributed by atoms with E-state index in [1.165, 1.54) is 50.7 Å². The molecule has 29 heavy (non-hydrogen) atoms. The fourth-order valence-corrected chi connectivity index (χ4v) is 9.64. The Hall–Kier alpha value is 0.0500. The lowest BCUT2D eigenvalue weighted by atomic mass is 9.47. The van der Waals surface area contributed by atoms with Gasteiger partial charge >= 0.3 is 0 Å². The average Bonchev–Trinajstić information content (AvgIpc) is 3.03. The fourth-order valence-electron chi connectivity index (χ4n) is 8.43. The molecule has 0 aliphatic heterocycles. The lowest BCUT2D eigenvalue weighted by Crippen LogP contribution is -2.50. The molecule has 0 aromatic carbocycles. The second kappa shape index (κ2) is 8.19. The third-order valence-electron chi connectivity index (χ3n) is 10.5. The third-order valence-corrected chi connectivity index (χ3v) is 13.0. The van der Waals surface area contributed by atoms with Crippen LogP contribution in [-0.2, 0) is 10.9 Å².